The summed E-state index contributed by atoms with van der Waals surface area (Å²) in [6.45, 7) is 5.96. The highest BCUT2D eigenvalue weighted by atomic mass is 79.9. The lowest BCUT2D eigenvalue weighted by molar-refractivity contribution is 0.0672. The average molecular weight is 502 g/mol. The Morgan fingerprint density at radius 3 is 2.74 bits per heavy atom. The van der Waals surface area contributed by atoms with Gasteiger partial charge < -0.3 is 14.5 Å². The van der Waals surface area contributed by atoms with Crippen LogP contribution in [0.5, 0.6) is 11.6 Å². The van der Waals surface area contributed by atoms with Crippen molar-refractivity contribution >= 4 is 39.3 Å². The maximum absolute atomic E-state index is 13.0. The third-order valence-corrected chi connectivity index (χ3v) is 6.25. The Morgan fingerprint density at radius 1 is 1.16 bits per heavy atom. The zero-order valence-electron chi connectivity index (χ0n) is 17.3. The van der Waals surface area contributed by atoms with Crippen molar-refractivity contribution in [2.75, 3.05) is 24.5 Å². The second-order valence-electron chi connectivity index (χ2n) is 7.52. The normalized spacial score (nSPS) is 16.3. The fourth-order valence-corrected chi connectivity index (χ4v) is 4.23. The summed E-state index contributed by atoms with van der Waals surface area (Å²) in [6.07, 6.45) is 1.48. The van der Waals surface area contributed by atoms with E-state index in [1.807, 2.05) is 55.1 Å². The minimum Gasteiger partial charge on any atom is -0.437 e. The Hall–Kier alpha value is -2.64. The van der Waals surface area contributed by atoms with Gasteiger partial charge in [0.25, 0.3) is 5.91 Å². The molecule has 2 aromatic carbocycles. The number of aromatic nitrogens is 2. The molecule has 1 amide bonds. The summed E-state index contributed by atoms with van der Waals surface area (Å²) in [7, 11) is 0. The van der Waals surface area contributed by atoms with Gasteiger partial charge in [-0.05, 0) is 59.6 Å². The van der Waals surface area contributed by atoms with Gasteiger partial charge in [-0.15, -0.1) is 0 Å². The van der Waals surface area contributed by atoms with Crippen molar-refractivity contribution in [1.29, 1.82) is 0 Å². The standard InChI is InChI=1S/C23H22BrClN4O2/c1-15-7-8-19(25)20(11-15)31-22-12-21(26-14-27-22)28-9-10-29(16(2)13-28)23(30)17-5-3-4-6-18(17)24/h3-8,11-12,14,16H,9-10,13H2,1-2H3/t16-/m1/s1. The van der Waals surface area contributed by atoms with Crippen LogP contribution in [-0.4, -0.2) is 46.5 Å². The van der Waals surface area contributed by atoms with Crippen LogP contribution >= 0.6 is 27.5 Å². The van der Waals surface area contributed by atoms with Gasteiger partial charge in [-0.25, -0.2) is 9.97 Å². The zero-order chi connectivity index (χ0) is 22.0. The number of rotatable bonds is 4. The summed E-state index contributed by atoms with van der Waals surface area (Å²) >= 11 is 9.72. The molecule has 8 heteroatoms. The van der Waals surface area contributed by atoms with Gasteiger partial charge in [0, 0.05) is 36.2 Å². The van der Waals surface area contributed by atoms with Crippen molar-refractivity contribution in [2.45, 2.75) is 19.9 Å². The monoisotopic (exact) mass is 500 g/mol. The summed E-state index contributed by atoms with van der Waals surface area (Å²) in [4.78, 5) is 25.7. The van der Waals surface area contributed by atoms with E-state index in [1.165, 1.54) is 6.33 Å². The number of hydrogen-bond acceptors (Lipinski definition) is 5. The van der Waals surface area contributed by atoms with Gasteiger partial charge in [0.15, 0.2) is 0 Å². The Kier molecular flexibility index (Phi) is 6.43. The van der Waals surface area contributed by atoms with Crippen LogP contribution in [0.15, 0.2) is 59.3 Å². The lowest BCUT2D eigenvalue weighted by atomic mass is 10.1. The number of piperazine rings is 1. The number of carbonyl (C=O) groups is 1. The van der Waals surface area contributed by atoms with Crippen LogP contribution in [0.4, 0.5) is 5.82 Å². The molecule has 0 bridgehead atoms. The van der Waals surface area contributed by atoms with Crippen LogP contribution in [0.3, 0.4) is 0 Å². The number of halogens is 2. The number of benzene rings is 2. The quantitative estimate of drug-likeness (QED) is 0.483. The average Bonchev–Trinajstić information content (AvgIpc) is 2.76. The molecule has 160 valence electrons. The highest BCUT2D eigenvalue weighted by Crippen LogP contribution is 2.30. The molecule has 4 rings (SSSR count). The smallest absolute Gasteiger partial charge is 0.255 e. The van der Waals surface area contributed by atoms with Crippen LogP contribution in [0.1, 0.15) is 22.8 Å². The SMILES string of the molecule is Cc1ccc(Cl)c(Oc2cc(N3CCN(C(=O)c4ccccc4Br)[C@H](C)C3)ncn2)c1. The number of aryl methyl sites for hydroxylation is 1. The van der Waals surface area contributed by atoms with Crippen LogP contribution in [0.2, 0.25) is 5.02 Å². The van der Waals surface area contributed by atoms with Crippen molar-refractivity contribution in [3.8, 4) is 11.6 Å². The van der Waals surface area contributed by atoms with Crippen LogP contribution in [0.25, 0.3) is 0 Å². The van der Waals surface area contributed by atoms with E-state index < -0.39 is 0 Å². The second kappa shape index (κ2) is 9.24. The molecule has 1 aliphatic heterocycles. The highest BCUT2D eigenvalue weighted by Gasteiger charge is 2.29. The van der Waals surface area contributed by atoms with E-state index in [1.54, 1.807) is 12.1 Å². The minimum absolute atomic E-state index is 0.0268. The molecule has 0 aliphatic carbocycles. The molecule has 0 unspecified atom stereocenters. The molecule has 31 heavy (non-hydrogen) atoms. The summed E-state index contributed by atoms with van der Waals surface area (Å²) in [5, 5.41) is 0.526. The Bertz CT molecular complexity index is 1110. The van der Waals surface area contributed by atoms with Gasteiger partial charge in [0.1, 0.15) is 17.9 Å². The minimum atomic E-state index is 0.0268. The van der Waals surface area contributed by atoms with Gasteiger partial charge in [-0.3, -0.25) is 4.79 Å². The number of nitrogens with zero attached hydrogens (tertiary/aromatic N) is 4. The molecule has 1 aromatic heterocycles. The largest absolute Gasteiger partial charge is 0.437 e. The lowest BCUT2D eigenvalue weighted by Crippen LogP contribution is -2.54. The van der Waals surface area contributed by atoms with Gasteiger partial charge >= 0.3 is 0 Å². The molecule has 1 atom stereocenters. The fraction of sp³-hybridized carbons (Fsp3) is 0.261. The molecular formula is C23H22BrClN4O2. The first-order chi connectivity index (χ1) is 14.9. The van der Waals surface area contributed by atoms with Gasteiger partial charge in [0.05, 0.1) is 10.6 Å². The van der Waals surface area contributed by atoms with Crippen molar-refractivity contribution in [2.24, 2.45) is 0 Å². The Labute approximate surface area is 194 Å². The van der Waals surface area contributed by atoms with Crippen LogP contribution < -0.4 is 9.64 Å². The summed E-state index contributed by atoms with van der Waals surface area (Å²) in [5.74, 6) is 1.77. The second-order valence-corrected chi connectivity index (χ2v) is 8.79. The molecule has 3 aromatic rings. The predicted octanol–water partition coefficient (Wildman–Crippen LogP) is 5.34. The molecule has 0 saturated carbocycles. The molecule has 2 heterocycles. The molecular weight excluding hydrogens is 480 g/mol. The molecule has 6 nitrogen and oxygen atoms in total. The molecule has 0 spiro atoms. The molecule has 1 aliphatic rings. The van der Waals surface area contributed by atoms with Crippen molar-refractivity contribution in [3.63, 3.8) is 0 Å². The van der Waals surface area contributed by atoms with E-state index in [-0.39, 0.29) is 11.9 Å². The maximum Gasteiger partial charge on any atom is 0.255 e. The predicted molar refractivity (Wildman–Crippen MR) is 125 cm³/mol. The van der Waals surface area contributed by atoms with Gasteiger partial charge in [0.2, 0.25) is 5.88 Å². The third kappa shape index (κ3) is 4.83. The number of amides is 1. The number of ether oxygens (including phenoxy) is 1. The Balaban J connectivity index is 1.47. The topological polar surface area (TPSA) is 58.6 Å². The molecule has 0 N–H and O–H groups in total. The summed E-state index contributed by atoms with van der Waals surface area (Å²) in [5.41, 5.74) is 1.73. The highest BCUT2D eigenvalue weighted by molar-refractivity contribution is 9.10. The van der Waals surface area contributed by atoms with Gasteiger partial charge in [-0.2, -0.15) is 0 Å². The Morgan fingerprint density at radius 2 is 1.97 bits per heavy atom. The molecule has 1 fully saturated rings. The van der Waals surface area contributed by atoms with E-state index in [0.29, 0.717) is 41.8 Å². The van der Waals surface area contributed by atoms with Crippen molar-refractivity contribution < 1.29 is 9.53 Å². The molecule has 1 saturated heterocycles. The summed E-state index contributed by atoms with van der Waals surface area (Å²) in [6, 6.07) is 14.9. The van der Waals surface area contributed by atoms with E-state index in [2.05, 4.69) is 30.8 Å². The van der Waals surface area contributed by atoms with E-state index in [9.17, 15) is 4.79 Å². The van der Waals surface area contributed by atoms with Crippen molar-refractivity contribution in [3.05, 3.63) is 75.5 Å². The van der Waals surface area contributed by atoms with Crippen LogP contribution in [0, 0.1) is 6.92 Å². The van der Waals surface area contributed by atoms with Crippen molar-refractivity contribution in [1.82, 2.24) is 14.9 Å². The zero-order valence-corrected chi connectivity index (χ0v) is 19.6. The number of hydrogen-bond donors (Lipinski definition) is 0. The molecule has 0 radical (unpaired) electrons. The fourth-order valence-electron chi connectivity index (χ4n) is 3.62. The van der Waals surface area contributed by atoms with Gasteiger partial charge in [-0.1, -0.05) is 29.8 Å². The van der Waals surface area contributed by atoms with E-state index in [0.717, 1.165) is 15.9 Å². The van der Waals surface area contributed by atoms with E-state index in [4.69, 9.17) is 16.3 Å². The van der Waals surface area contributed by atoms with E-state index >= 15 is 0 Å². The first-order valence-electron chi connectivity index (χ1n) is 9.99. The summed E-state index contributed by atoms with van der Waals surface area (Å²) < 4.78 is 6.71. The lowest BCUT2D eigenvalue weighted by Gasteiger charge is -2.40. The third-order valence-electron chi connectivity index (χ3n) is 5.25. The maximum atomic E-state index is 13.0. The first kappa shape index (κ1) is 21.6. The number of anilines is 1. The first-order valence-corrected chi connectivity index (χ1v) is 11.2. The van der Waals surface area contributed by atoms with Crippen LogP contribution in [-0.2, 0) is 0 Å². The number of carbonyl (C=O) groups excluding carboxylic acids is 1.